The zero-order valence-corrected chi connectivity index (χ0v) is 13.7. The number of benzene rings is 1. The number of likely N-dealkylation sites (tertiary alicyclic amines) is 1. The number of hydrogen-bond donors (Lipinski definition) is 1. The van der Waals surface area contributed by atoms with Crippen LogP contribution in [0.2, 0.25) is 0 Å². The van der Waals surface area contributed by atoms with Crippen LogP contribution in [0.5, 0.6) is 0 Å². The van der Waals surface area contributed by atoms with Crippen molar-refractivity contribution < 1.29 is 4.39 Å². The van der Waals surface area contributed by atoms with E-state index < -0.39 is 0 Å². The summed E-state index contributed by atoms with van der Waals surface area (Å²) in [6, 6.07) is 3.72. The molecule has 0 amide bonds. The maximum Gasteiger partial charge on any atom is 0.138 e. The zero-order valence-electron chi connectivity index (χ0n) is 11.5. The molecule has 0 aromatic heterocycles. The van der Waals surface area contributed by atoms with E-state index in [1.165, 1.54) is 0 Å². The first-order valence-corrected chi connectivity index (χ1v) is 7.80. The van der Waals surface area contributed by atoms with Crippen LogP contribution < -0.4 is 10.6 Å². The van der Waals surface area contributed by atoms with Crippen LogP contribution in [0.25, 0.3) is 0 Å². The molecule has 0 saturated carbocycles. The average molecular weight is 377 g/mol. The molecule has 0 spiro atoms. The van der Waals surface area contributed by atoms with Crippen molar-refractivity contribution in [1.82, 2.24) is 4.90 Å². The molecule has 5 heteroatoms. The van der Waals surface area contributed by atoms with E-state index in [0.717, 1.165) is 38.2 Å². The molecule has 2 rings (SSSR count). The summed E-state index contributed by atoms with van der Waals surface area (Å²) in [6.45, 7) is 5.52. The van der Waals surface area contributed by atoms with Gasteiger partial charge in [0.05, 0.1) is 14.9 Å². The van der Waals surface area contributed by atoms with Crippen LogP contribution in [-0.4, -0.2) is 37.6 Å². The van der Waals surface area contributed by atoms with Crippen molar-refractivity contribution >= 4 is 34.0 Å². The van der Waals surface area contributed by atoms with E-state index in [4.69, 9.17) is 5.73 Å². The molecule has 1 aromatic carbocycles. The second kappa shape index (κ2) is 6.26. The molecule has 0 atom stereocenters. The monoisotopic (exact) mass is 377 g/mol. The first-order valence-electron chi connectivity index (χ1n) is 6.72. The van der Waals surface area contributed by atoms with Gasteiger partial charge in [-0.3, -0.25) is 0 Å². The van der Waals surface area contributed by atoms with E-state index in [2.05, 4.69) is 16.7 Å². The largest absolute Gasteiger partial charge is 0.397 e. The van der Waals surface area contributed by atoms with Crippen LogP contribution in [0.3, 0.4) is 0 Å². The van der Waals surface area contributed by atoms with Gasteiger partial charge in [-0.2, -0.15) is 0 Å². The fourth-order valence-corrected chi connectivity index (χ4v) is 3.17. The van der Waals surface area contributed by atoms with Crippen LogP contribution in [0, 0.1) is 9.39 Å². The van der Waals surface area contributed by atoms with Crippen molar-refractivity contribution in [2.45, 2.75) is 25.8 Å². The minimum atomic E-state index is -0.192. The summed E-state index contributed by atoms with van der Waals surface area (Å²) in [6.07, 6.45) is 2.22. The van der Waals surface area contributed by atoms with Crippen LogP contribution in [0.4, 0.5) is 15.8 Å². The second-order valence-electron chi connectivity index (χ2n) is 5.10. The summed E-state index contributed by atoms with van der Waals surface area (Å²) in [5, 5.41) is 0. The lowest BCUT2D eigenvalue weighted by atomic mass is 10.0. The summed E-state index contributed by atoms with van der Waals surface area (Å²) in [4.78, 5) is 4.59. The number of anilines is 2. The number of halogens is 2. The molecular formula is C14H21FIN3. The fraction of sp³-hybridized carbons (Fsp3) is 0.571. The van der Waals surface area contributed by atoms with Crippen LogP contribution in [-0.2, 0) is 0 Å². The van der Waals surface area contributed by atoms with Crippen molar-refractivity contribution in [1.29, 1.82) is 0 Å². The molecule has 1 saturated heterocycles. The first-order chi connectivity index (χ1) is 9.02. The van der Waals surface area contributed by atoms with E-state index in [0.29, 0.717) is 15.3 Å². The summed E-state index contributed by atoms with van der Waals surface area (Å²) in [7, 11) is 2.02. The zero-order chi connectivity index (χ0) is 14.0. The van der Waals surface area contributed by atoms with Gasteiger partial charge >= 0.3 is 0 Å². The Labute approximate surface area is 128 Å². The Balaban J connectivity index is 2.12. The van der Waals surface area contributed by atoms with Crippen molar-refractivity contribution in [2.24, 2.45) is 0 Å². The minimum Gasteiger partial charge on any atom is -0.397 e. The molecular weight excluding hydrogens is 356 g/mol. The molecule has 106 valence electrons. The van der Waals surface area contributed by atoms with Gasteiger partial charge in [0.15, 0.2) is 0 Å². The Bertz CT molecular complexity index is 445. The van der Waals surface area contributed by atoms with Crippen molar-refractivity contribution in [3.63, 3.8) is 0 Å². The number of nitrogen functional groups attached to an aromatic ring is 1. The first kappa shape index (κ1) is 14.8. The van der Waals surface area contributed by atoms with E-state index in [1.807, 2.05) is 29.6 Å². The molecule has 0 aliphatic carbocycles. The van der Waals surface area contributed by atoms with Gasteiger partial charge < -0.3 is 15.5 Å². The predicted molar refractivity (Wildman–Crippen MR) is 87.1 cm³/mol. The van der Waals surface area contributed by atoms with Crippen LogP contribution >= 0.6 is 22.6 Å². The highest BCUT2D eigenvalue weighted by Crippen LogP contribution is 2.30. The Hall–Kier alpha value is -0.560. The van der Waals surface area contributed by atoms with Gasteiger partial charge in [-0.25, -0.2) is 4.39 Å². The standard InChI is InChI=1S/C14H21FIN3/c1-3-19-6-4-10(5-7-19)18(2)14-8-11(15)12(16)9-13(14)17/h8-10H,3-7,17H2,1-2H3. The predicted octanol–water partition coefficient (Wildman–Crippen LogP) is 2.93. The molecule has 1 aliphatic heterocycles. The highest BCUT2D eigenvalue weighted by atomic mass is 127. The van der Waals surface area contributed by atoms with Gasteiger partial charge in [0, 0.05) is 32.2 Å². The van der Waals surface area contributed by atoms with E-state index in [-0.39, 0.29) is 5.82 Å². The highest BCUT2D eigenvalue weighted by molar-refractivity contribution is 14.1. The van der Waals surface area contributed by atoms with E-state index in [9.17, 15) is 4.39 Å². The third kappa shape index (κ3) is 3.31. The van der Waals surface area contributed by atoms with Gasteiger partial charge in [0.2, 0.25) is 0 Å². The van der Waals surface area contributed by atoms with Crippen molar-refractivity contribution in [3.8, 4) is 0 Å². The molecule has 0 radical (unpaired) electrons. The summed E-state index contributed by atoms with van der Waals surface area (Å²) in [5.74, 6) is -0.192. The summed E-state index contributed by atoms with van der Waals surface area (Å²) in [5.41, 5.74) is 7.50. The van der Waals surface area contributed by atoms with Gasteiger partial charge in [-0.05, 0) is 48.0 Å². The minimum absolute atomic E-state index is 0.192. The molecule has 1 aromatic rings. The number of hydrogen-bond acceptors (Lipinski definition) is 3. The van der Waals surface area contributed by atoms with Gasteiger partial charge in [0.1, 0.15) is 5.82 Å². The molecule has 1 heterocycles. The molecule has 19 heavy (non-hydrogen) atoms. The smallest absolute Gasteiger partial charge is 0.138 e. The third-order valence-corrected chi connectivity index (χ3v) is 4.83. The Morgan fingerprint density at radius 3 is 2.63 bits per heavy atom. The Kier molecular flexibility index (Phi) is 4.89. The lowest BCUT2D eigenvalue weighted by molar-refractivity contribution is 0.221. The average Bonchev–Trinajstić information content (AvgIpc) is 2.42. The van der Waals surface area contributed by atoms with Gasteiger partial charge in [0.25, 0.3) is 0 Å². The van der Waals surface area contributed by atoms with Crippen molar-refractivity contribution in [2.75, 3.05) is 37.3 Å². The van der Waals surface area contributed by atoms with E-state index >= 15 is 0 Å². The van der Waals surface area contributed by atoms with Crippen LogP contribution in [0.15, 0.2) is 12.1 Å². The number of piperidine rings is 1. The Morgan fingerprint density at radius 1 is 1.42 bits per heavy atom. The Morgan fingerprint density at radius 2 is 2.05 bits per heavy atom. The number of rotatable bonds is 3. The number of nitrogens with zero attached hydrogens (tertiary/aromatic N) is 2. The molecule has 1 fully saturated rings. The maximum absolute atomic E-state index is 13.7. The normalized spacial score (nSPS) is 17.7. The van der Waals surface area contributed by atoms with Gasteiger partial charge in [-0.15, -0.1) is 0 Å². The van der Waals surface area contributed by atoms with Gasteiger partial charge in [-0.1, -0.05) is 6.92 Å². The lowest BCUT2D eigenvalue weighted by Gasteiger charge is -2.37. The molecule has 1 aliphatic rings. The number of nitrogens with two attached hydrogens (primary N) is 1. The topological polar surface area (TPSA) is 32.5 Å². The molecule has 2 N–H and O–H groups in total. The maximum atomic E-state index is 13.7. The summed E-state index contributed by atoms with van der Waals surface area (Å²) < 4.78 is 14.3. The SMILES string of the molecule is CCN1CCC(N(C)c2cc(F)c(I)cc2N)CC1. The molecule has 0 unspecified atom stereocenters. The summed E-state index contributed by atoms with van der Waals surface area (Å²) >= 11 is 1.97. The highest BCUT2D eigenvalue weighted by Gasteiger charge is 2.23. The second-order valence-corrected chi connectivity index (χ2v) is 6.26. The van der Waals surface area contributed by atoms with Crippen LogP contribution in [0.1, 0.15) is 19.8 Å². The lowest BCUT2D eigenvalue weighted by Crippen LogP contribution is -2.43. The molecule has 0 bridgehead atoms. The quantitative estimate of drug-likeness (QED) is 0.650. The van der Waals surface area contributed by atoms with E-state index in [1.54, 1.807) is 12.1 Å². The third-order valence-electron chi connectivity index (χ3n) is 4.00. The fourth-order valence-electron chi connectivity index (χ4n) is 2.68. The molecule has 3 nitrogen and oxygen atoms in total. The van der Waals surface area contributed by atoms with Crippen molar-refractivity contribution in [3.05, 3.63) is 21.5 Å².